The van der Waals surface area contributed by atoms with Gasteiger partial charge in [-0.3, -0.25) is 14.1 Å². The molecule has 2 atom stereocenters. The van der Waals surface area contributed by atoms with Crippen molar-refractivity contribution in [1.29, 1.82) is 0 Å². The monoisotopic (exact) mass is 610 g/mol. The number of hydrogen-bond acceptors (Lipinski definition) is 5. The molecule has 230 valence electrons. The van der Waals surface area contributed by atoms with Crippen molar-refractivity contribution in [2.24, 2.45) is 0 Å². The Bertz CT molecular complexity index is 690. The first-order valence-electron chi connectivity index (χ1n) is 15.6. The predicted octanol–water partition coefficient (Wildman–Crippen LogP) is 7.34. The van der Waals surface area contributed by atoms with Crippen molar-refractivity contribution in [3.63, 3.8) is 0 Å². The number of esters is 1. The van der Waals surface area contributed by atoms with Crippen LogP contribution in [0.4, 0.5) is 0 Å². The number of ether oxygens (including phenoxy) is 1. The van der Waals surface area contributed by atoms with Crippen LogP contribution < -0.4 is 0 Å². The van der Waals surface area contributed by atoms with E-state index in [9.17, 15) is 22.6 Å². The summed E-state index contributed by atoms with van der Waals surface area (Å²) in [6.07, 6.45) is 25.0. The summed E-state index contributed by atoms with van der Waals surface area (Å²) in [7, 11) is -4.85. The van der Waals surface area contributed by atoms with Crippen LogP contribution in [0.25, 0.3) is 0 Å². The minimum atomic E-state index is -4.85. The molecule has 0 spiro atoms. The third kappa shape index (κ3) is 28.9. The van der Waals surface area contributed by atoms with E-state index < -0.39 is 39.8 Å². The van der Waals surface area contributed by atoms with E-state index in [1.54, 1.807) is 0 Å². The maximum absolute atomic E-state index is 12.5. The molecule has 10 heteroatoms. The molecule has 2 unspecified atom stereocenters. The van der Waals surface area contributed by atoms with Crippen molar-refractivity contribution in [2.45, 2.75) is 179 Å². The first kappa shape index (κ1) is 45.3. The molecule has 0 radical (unpaired) electrons. The Kier molecular flexibility index (Phi) is 35.4. The topological polar surface area (TPSA) is 118 Å². The quantitative estimate of drug-likeness (QED) is 0.0412. The average Bonchev–Trinajstić information content (AvgIpc) is 2.85. The molecule has 40 heavy (non-hydrogen) atoms. The van der Waals surface area contributed by atoms with Gasteiger partial charge in [0.25, 0.3) is 10.1 Å². The number of carboxylic acids is 1. The molecule has 2 N–H and O–H groups in total. The molecule has 0 saturated heterocycles. The molecule has 0 fully saturated rings. The van der Waals surface area contributed by atoms with E-state index >= 15 is 0 Å². The number of carbonyl (C=O) groups excluding carboxylic acids is 1. The summed E-state index contributed by atoms with van der Waals surface area (Å²) in [6.45, 7) is 4.45. The SMILES string of the molecule is CCCCCCCCCCCCCC(CCCCCCCCCCCC)OC(=O)C(CC(=O)O)S(=O)(=O)O.[NaH].[NaH]. The van der Waals surface area contributed by atoms with Crippen LogP contribution in [0.5, 0.6) is 0 Å². The molecule has 0 aliphatic carbocycles. The van der Waals surface area contributed by atoms with Crippen LogP contribution in [0, 0.1) is 0 Å². The maximum atomic E-state index is 12.5. The first-order valence-corrected chi connectivity index (χ1v) is 17.1. The van der Waals surface area contributed by atoms with Gasteiger partial charge in [-0.15, -0.1) is 0 Å². The van der Waals surface area contributed by atoms with Crippen LogP contribution in [0.15, 0.2) is 0 Å². The molecule has 0 aliphatic heterocycles. The Morgan fingerprint density at radius 3 is 1.18 bits per heavy atom. The molecule has 0 aliphatic rings. The van der Waals surface area contributed by atoms with Gasteiger partial charge in [0, 0.05) is 0 Å². The second-order valence-corrected chi connectivity index (χ2v) is 12.6. The van der Waals surface area contributed by atoms with Crippen LogP contribution in [0.1, 0.15) is 168 Å². The van der Waals surface area contributed by atoms with Crippen LogP contribution >= 0.6 is 0 Å². The van der Waals surface area contributed by atoms with Gasteiger partial charge in [-0.25, -0.2) is 0 Å². The van der Waals surface area contributed by atoms with E-state index in [-0.39, 0.29) is 59.1 Å². The fourth-order valence-corrected chi connectivity index (χ4v) is 5.52. The van der Waals surface area contributed by atoms with Crippen LogP contribution in [0.3, 0.4) is 0 Å². The summed E-state index contributed by atoms with van der Waals surface area (Å²) in [5, 5.41) is 6.89. The van der Waals surface area contributed by atoms with Crippen LogP contribution in [-0.2, 0) is 24.4 Å². The predicted molar refractivity (Wildman–Crippen MR) is 169 cm³/mol. The van der Waals surface area contributed by atoms with E-state index in [0.717, 1.165) is 38.5 Å². The Labute approximate surface area is 290 Å². The zero-order valence-electron chi connectivity index (χ0n) is 24.5. The van der Waals surface area contributed by atoms with Crippen molar-refractivity contribution in [3.05, 3.63) is 0 Å². The Hall–Kier alpha value is 0.850. The summed E-state index contributed by atoms with van der Waals surface area (Å²) in [6, 6.07) is 0. The summed E-state index contributed by atoms with van der Waals surface area (Å²) in [5.41, 5.74) is 0. The number of unbranched alkanes of at least 4 members (excludes halogenated alkanes) is 19. The van der Waals surface area contributed by atoms with E-state index in [0.29, 0.717) is 12.8 Å². The number of aliphatic carboxylic acids is 1. The summed E-state index contributed by atoms with van der Waals surface area (Å²) >= 11 is 0. The Morgan fingerprint density at radius 1 is 0.600 bits per heavy atom. The molecule has 0 rings (SSSR count). The molecule has 0 amide bonds. The Morgan fingerprint density at radius 2 is 0.900 bits per heavy atom. The standard InChI is InChI=1S/C30H58O7S.2Na.2H/c1-3-5-7-9-11-13-15-17-19-21-23-25-27(24-22-20-18-16-14-12-10-8-6-4-2)37-30(33)28(26-29(31)32)38(34,35)36;;;;/h27-28H,3-26H2,1-2H3,(H,31,32)(H,34,35,36);;;;. The molecular formula is C30H60Na2O7S. The summed E-state index contributed by atoms with van der Waals surface area (Å²) in [5.74, 6) is -2.63. The molecular weight excluding hydrogens is 550 g/mol. The van der Waals surface area contributed by atoms with E-state index in [2.05, 4.69) is 13.8 Å². The molecule has 0 aromatic rings. The van der Waals surface area contributed by atoms with Crippen LogP contribution in [0.2, 0.25) is 0 Å². The molecule has 7 nitrogen and oxygen atoms in total. The van der Waals surface area contributed by atoms with Gasteiger partial charge in [0.2, 0.25) is 0 Å². The third-order valence-electron chi connectivity index (χ3n) is 7.27. The van der Waals surface area contributed by atoms with Gasteiger partial charge in [0.15, 0.2) is 5.25 Å². The average molecular weight is 611 g/mol. The summed E-state index contributed by atoms with van der Waals surface area (Å²) in [4.78, 5) is 23.5. The second-order valence-electron chi connectivity index (χ2n) is 11.0. The fourth-order valence-electron chi connectivity index (χ4n) is 4.87. The molecule has 0 aromatic heterocycles. The summed E-state index contributed by atoms with van der Waals surface area (Å²) < 4.78 is 38.0. The Balaban J connectivity index is -0.00000684. The molecule has 0 bridgehead atoms. The van der Waals surface area contributed by atoms with Gasteiger partial charge in [-0.2, -0.15) is 8.42 Å². The van der Waals surface area contributed by atoms with Crippen LogP contribution in [-0.4, -0.2) is 100 Å². The zero-order chi connectivity index (χ0) is 28.5. The van der Waals surface area contributed by atoms with E-state index in [1.165, 1.54) is 96.3 Å². The van der Waals surface area contributed by atoms with Crippen molar-refractivity contribution < 1.29 is 32.4 Å². The van der Waals surface area contributed by atoms with Gasteiger partial charge < -0.3 is 9.84 Å². The van der Waals surface area contributed by atoms with Crippen molar-refractivity contribution in [2.75, 3.05) is 0 Å². The van der Waals surface area contributed by atoms with Crippen molar-refractivity contribution in [3.8, 4) is 0 Å². The van der Waals surface area contributed by atoms with Gasteiger partial charge in [0.1, 0.15) is 6.10 Å². The minimum absolute atomic E-state index is 0. The molecule has 0 saturated carbocycles. The van der Waals surface area contributed by atoms with Gasteiger partial charge in [-0.1, -0.05) is 136 Å². The fraction of sp³-hybridized carbons (Fsp3) is 0.933. The molecule has 0 heterocycles. The van der Waals surface area contributed by atoms with Crippen molar-refractivity contribution in [1.82, 2.24) is 0 Å². The zero-order valence-corrected chi connectivity index (χ0v) is 25.3. The second kappa shape index (κ2) is 31.3. The first-order chi connectivity index (χ1) is 18.2. The molecule has 0 aromatic carbocycles. The third-order valence-corrected chi connectivity index (χ3v) is 8.35. The number of rotatable bonds is 28. The van der Waals surface area contributed by atoms with Crippen molar-refractivity contribution >= 4 is 81.2 Å². The number of carboxylic acid groups (broad SMARTS) is 1. The number of carbonyl (C=O) groups is 2. The van der Waals surface area contributed by atoms with Gasteiger partial charge >= 0.3 is 71.1 Å². The number of hydrogen-bond donors (Lipinski definition) is 2. The van der Waals surface area contributed by atoms with Gasteiger partial charge in [0.05, 0.1) is 6.42 Å². The van der Waals surface area contributed by atoms with Gasteiger partial charge in [-0.05, 0) is 25.7 Å². The van der Waals surface area contributed by atoms with E-state index in [4.69, 9.17) is 9.84 Å². The normalized spacial score (nSPS) is 12.7. The van der Waals surface area contributed by atoms with E-state index in [1.807, 2.05) is 0 Å².